The van der Waals surface area contributed by atoms with Gasteiger partial charge >= 0.3 is 0 Å². The highest BCUT2D eigenvalue weighted by Gasteiger charge is 2.46. The Kier molecular flexibility index (Phi) is 5.32. The molecule has 0 fully saturated rings. The van der Waals surface area contributed by atoms with Gasteiger partial charge in [-0.15, -0.1) is 0 Å². The van der Waals surface area contributed by atoms with E-state index in [4.69, 9.17) is 0 Å². The second-order valence-electron chi connectivity index (χ2n) is 9.38. The summed E-state index contributed by atoms with van der Waals surface area (Å²) in [4.78, 5) is 0. The van der Waals surface area contributed by atoms with Crippen LogP contribution in [0.2, 0.25) is 0 Å². The Morgan fingerprint density at radius 2 is 1.03 bits per heavy atom. The van der Waals surface area contributed by atoms with Crippen molar-refractivity contribution in [1.29, 1.82) is 0 Å². The van der Waals surface area contributed by atoms with Crippen LogP contribution >= 0.6 is 0 Å². The zero-order valence-electron chi connectivity index (χ0n) is 19.1. The van der Waals surface area contributed by atoms with Crippen LogP contribution in [-0.2, 0) is 12.8 Å². The molecule has 2 aliphatic rings. The maximum atomic E-state index is 2.52. The van der Waals surface area contributed by atoms with E-state index in [1.54, 1.807) is 22.3 Å². The minimum absolute atomic E-state index is 0.138. The van der Waals surface area contributed by atoms with Crippen LogP contribution in [0.25, 0.3) is 12.2 Å². The van der Waals surface area contributed by atoms with Gasteiger partial charge in [-0.05, 0) is 64.5 Å². The minimum Gasteiger partial charge on any atom is -0.0618 e. The highest BCUT2D eigenvalue weighted by atomic mass is 14.5. The Balaban J connectivity index is 1.87. The average Bonchev–Trinajstić information content (AvgIpc) is 3.31. The van der Waals surface area contributed by atoms with E-state index in [0.717, 1.165) is 25.7 Å². The van der Waals surface area contributed by atoms with Crippen LogP contribution in [0.3, 0.4) is 0 Å². The van der Waals surface area contributed by atoms with E-state index in [2.05, 4.69) is 90.1 Å². The number of hydrogen-bond donors (Lipinski definition) is 0. The predicted molar refractivity (Wildman–Crippen MR) is 127 cm³/mol. The van der Waals surface area contributed by atoms with Crippen molar-refractivity contribution in [2.75, 3.05) is 0 Å². The molecular formula is C29H36. The second-order valence-corrected chi connectivity index (χ2v) is 9.38. The summed E-state index contributed by atoms with van der Waals surface area (Å²) in [5.74, 6) is 0.982. The van der Waals surface area contributed by atoms with Crippen molar-refractivity contribution in [3.8, 4) is 0 Å². The number of aryl methyl sites for hydroxylation is 2. The largest absolute Gasteiger partial charge is 0.0618 e. The van der Waals surface area contributed by atoms with Crippen LogP contribution in [-0.4, -0.2) is 0 Å². The van der Waals surface area contributed by atoms with Gasteiger partial charge in [-0.25, -0.2) is 0 Å². The Morgan fingerprint density at radius 3 is 1.38 bits per heavy atom. The maximum Gasteiger partial charge on any atom is 0.0118 e. The summed E-state index contributed by atoms with van der Waals surface area (Å²) < 4.78 is 0. The zero-order chi connectivity index (χ0) is 20.8. The molecule has 4 rings (SSSR count). The van der Waals surface area contributed by atoms with Gasteiger partial charge in [0.05, 0.1) is 0 Å². The summed E-state index contributed by atoms with van der Waals surface area (Å²) in [5, 5.41) is 0. The fourth-order valence-corrected chi connectivity index (χ4v) is 6.21. The molecule has 152 valence electrons. The van der Waals surface area contributed by atoms with Gasteiger partial charge in [0.2, 0.25) is 0 Å². The van der Waals surface area contributed by atoms with Crippen molar-refractivity contribution in [2.45, 2.75) is 79.1 Å². The fourth-order valence-electron chi connectivity index (χ4n) is 6.21. The van der Waals surface area contributed by atoms with Crippen LogP contribution < -0.4 is 0 Å². The van der Waals surface area contributed by atoms with E-state index in [9.17, 15) is 0 Å². The third-order valence-corrected chi connectivity index (χ3v) is 7.55. The fraction of sp³-hybridized carbons (Fsp3) is 0.448. The van der Waals surface area contributed by atoms with Crippen LogP contribution in [0.1, 0.15) is 99.6 Å². The van der Waals surface area contributed by atoms with Crippen LogP contribution in [0.4, 0.5) is 0 Å². The highest BCUT2D eigenvalue weighted by Crippen LogP contribution is 2.59. The molecule has 0 saturated carbocycles. The molecule has 0 heteroatoms. The summed E-state index contributed by atoms with van der Waals surface area (Å²) in [5.41, 5.74) is 12.5. The topological polar surface area (TPSA) is 0 Å². The molecule has 2 aromatic carbocycles. The van der Waals surface area contributed by atoms with Crippen molar-refractivity contribution < 1.29 is 0 Å². The van der Waals surface area contributed by atoms with Gasteiger partial charge in [0.15, 0.2) is 0 Å². The van der Waals surface area contributed by atoms with Crippen molar-refractivity contribution in [3.05, 3.63) is 80.9 Å². The molecule has 0 nitrogen and oxygen atoms in total. The van der Waals surface area contributed by atoms with Gasteiger partial charge in [-0.3, -0.25) is 0 Å². The molecule has 2 unspecified atom stereocenters. The molecule has 0 amide bonds. The molecule has 2 aliphatic carbocycles. The van der Waals surface area contributed by atoms with Crippen molar-refractivity contribution in [1.82, 2.24) is 0 Å². The maximum absolute atomic E-state index is 2.52. The Hall–Kier alpha value is -2.08. The SMILES string of the molecule is CCC1=Cc2c(CC)cccc2C1C(C)(C)C1C(CC)=Cc2c(CC)cccc21. The molecule has 0 N–H and O–H groups in total. The lowest BCUT2D eigenvalue weighted by molar-refractivity contribution is 0.269. The van der Waals surface area contributed by atoms with E-state index in [0.29, 0.717) is 11.8 Å². The molecule has 0 aliphatic heterocycles. The van der Waals surface area contributed by atoms with Crippen LogP contribution in [0.5, 0.6) is 0 Å². The summed E-state index contributed by atoms with van der Waals surface area (Å²) in [7, 11) is 0. The normalized spacial score (nSPS) is 20.3. The Morgan fingerprint density at radius 1 is 0.621 bits per heavy atom. The molecule has 0 saturated heterocycles. The predicted octanol–water partition coefficient (Wildman–Crippen LogP) is 8.32. The second kappa shape index (κ2) is 7.63. The summed E-state index contributed by atoms with van der Waals surface area (Å²) in [6, 6.07) is 14.0. The molecule has 2 atom stereocenters. The Labute approximate surface area is 177 Å². The number of fused-ring (bicyclic) bond motifs is 2. The molecule has 2 aromatic rings. The van der Waals surface area contributed by atoms with E-state index < -0.39 is 0 Å². The summed E-state index contributed by atoms with van der Waals surface area (Å²) in [6.45, 7) is 14.3. The van der Waals surface area contributed by atoms with Crippen LogP contribution in [0.15, 0.2) is 47.5 Å². The lowest BCUT2D eigenvalue weighted by Crippen LogP contribution is -2.30. The molecule has 0 bridgehead atoms. The van der Waals surface area contributed by atoms with E-state index in [1.807, 2.05) is 0 Å². The van der Waals surface area contributed by atoms with E-state index in [1.165, 1.54) is 22.3 Å². The van der Waals surface area contributed by atoms with Gasteiger partial charge in [0.25, 0.3) is 0 Å². The highest BCUT2D eigenvalue weighted by molar-refractivity contribution is 5.73. The van der Waals surface area contributed by atoms with Gasteiger partial charge in [-0.1, -0.05) is 101 Å². The van der Waals surface area contributed by atoms with Gasteiger partial charge in [-0.2, -0.15) is 0 Å². The standard InChI is InChI=1S/C29H36/c1-7-19-13-11-15-23-25(19)17-21(9-3)27(23)29(5,6)28-22(10-4)18-26-20(8-2)14-12-16-24(26)28/h11-18,27-28H,7-10H2,1-6H3. The molecule has 0 heterocycles. The minimum atomic E-state index is 0.138. The van der Waals surface area contributed by atoms with Crippen molar-refractivity contribution in [3.63, 3.8) is 0 Å². The Bertz CT molecular complexity index is 904. The van der Waals surface area contributed by atoms with Gasteiger partial charge in [0.1, 0.15) is 0 Å². The van der Waals surface area contributed by atoms with Crippen molar-refractivity contribution >= 4 is 12.2 Å². The first-order chi connectivity index (χ1) is 14.0. The molecule has 29 heavy (non-hydrogen) atoms. The lowest BCUT2D eigenvalue weighted by Gasteiger charge is -2.42. The zero-order valence-corrected chi connectivity index (χ0v) is 19.1. The lowest BCUT2D eigenvalue weighted by atomic mass is 9.61. The van der Waals surface area contributed by atoms with E-state index in [-0.39, 0.29) is 5.41 Å². The first-order valence-corrected chi connectivity index (χ1v) is 11.6. The van der Waals surface area contributed by atoms with Crippen molar-refractivity contribution in [2.24, 2.45) is 5.41 Å². The molecule has 0 spiro atoms. The average molecular weight is 385 g/mol. The summed E-state index contributed by atoms with van der Waals surface area (Å²) in [6.07, 6.45) is 9.52. The molecule has 0 aromatic heterocycles. The van der Waals surface area contributed by atoms with Crippen LogP contribution in [0, 0.1) is 5.41 Å². The first-order valence-electron chi connectivity index (χ1n) is 11.6. The third-order valence-electron chi connectivity index (χ3n) is 7.55. The number of allylic oxidation sites excluding steroid dienone is 2. The number of hydrogen-bond acceptors (Lipinski definition) is 0. The number of benzene rings is 2. The van der Waals surface area contributed by atoms with Gasteiger partial charge in [0, 0.05) is 11.8 Å². The van der Waals surface area contributed by atoms with E-state index >= 15 is 0 Å². The monoisotopic (exact) mass is 384 g/mol. The summed E-state index contributed by atoms with van der Waals surface area (Å²) >= 11 is 0. The number of rotatable bonds is 6. The molecular weight excluding hydrogens is 348 g/mol. The molecule has 0 radical (unpaired) electrons. The van der Waals surface area contributed by atoms with Gasteiger partial charge < -0.3 is 0 Å². The quantitative estimate of drug-likeness (QED) is 0.469. The third kappa shape index (κ3) is 3.03. The first kappa shape index (κ1) is 20.2. The smallest absolute Gasteiger partial charge is 0.0118 e.